The Kier molecular flexibility index (Phi) is 3.83. The van der Waals surface area contributed by atoms with Crippen molar-refractivity contribution >= 4 is 11.5 Å². The van der Waals surface area contributed by atoms with Gasteiger partial charge in [-0.25, -0.2) is 0 Å². The molecule has 3 heteroatoms. The fraction of sp³-hybridized carbons (Fsp3) is 0.562. The summed E-state index contributed by atoms with van der Waals surface area (Å²) in [7, 11) is 0. The van der Waals surface area contributed by atoms with Crippen LogP contribution in [0.25, 0.3) is 0 Å². The molecule has 0 saturated heterocycles. The van der Waals surface area contributed by atoms with Crippen molar-refractivity contribution in [2.45, 2.75) is 52.6 Å². The zero-order chi connectivity index (χ0) is 14.0. The third-order valence-electron chi connectivity index (χ3n) is 3.99. The van der Waals surface area contributed by atoms with E-state index in [1.54, 1.807) is 12.1 Å². The molecule has 1 saturated carbocycles. The van der Waals surface area contributed by atoms with Gasteiger partial charge in [-0.3, -0.25) is 4.79 Å². The van der Waals surface area contributed by atoms with E-state index in [-0.39, 0.29) is 11.9 Å². The molecule has 0 heterocycles. The number of hydrogen-bond donors (Lipinski definition) is 1. The highest BCUT2D eigenvalue weighted by atomic mass is 16.5. The van der Waals surface area contributed by atoms with Gasteiger partial charge in [0.15, 0.2) is 5.78 Å². The van der Waals surface area contributed by atoms with E-state index >= 15 is 0 Å². The summed E-state index contributed by atoms with van der Waals surface area (Å²) in [5, 5.41) is 0. The van der Waals surface area contributed by atoms with E-state index in [9.17, 15) is 4.79 Å². The van der Waals surface area contributed by atoms with Crippen molar-refractivity contribution in [1.82, 2.24) is 0 Å². The molecule has 0 spiro atoms. The molecule has 1 aromatic carbocycles. The van der Waals surface area contributed by atoms with Gasteiger partial charge in [-0.2, -0.15) is 0 Å². The monoisotopic (exact) mass is 261 g/mol. The molecule has 104 valence electrons. The van der Waals surface area contributed by atoms with Crippen LogP contribution in [0.3, 0.4) is 0 Å². The lowest BCUT2D eigenvalue weighted by Crippen LogP contribution is -2.28. The van der Waals surface area contributed by atoms with E-state index in [4.69, 9.17) is 10.5 Å². The predicted octanol–water partition coefficient (Wildman–Crippen LogP) is 3.82. The first-order valence-corrected chi connectivity index (χ1v) is 6.94. The quantitative estimate of drug-likeness (QED) is 0.664. The summed E-state index contributed by atoms with van der Waals surface area (Å²) in [4.78, 5) is 11.5. The van der Waals surface area contributed by atoms with Crippen LogP contribution in [0.2, 0.25) is 0 Å². The van der Waals surface area contributed by atoms with Gasteiger partial charge in [0, 0.05) is 11.3 Å². The first-order valence-electron chi connectivity index (χ1n) is 6.94. The van der Waals surface area contributed by atoms with Crippen LogP contribution in [0.5, 0.6) is 5.75 Å². The fourth-order valence-electron chi connectivity index (χ4n) is 2.60. The number of carbonyl (C=O) groups excluding carboxylic acids is 1. The van der Waals surface area contributed by atoms with Crippen molar-refractivity contribution in [3.8, 4) is 5.75 Å². The Hall–Kier alpha value is -1.51. The number of carbonyl (C=O) groups is 1. The van der Waals surface area contributed by atoms with Gasteiger partial charge >= 0.3 is 0 Å². The summed E-state index contributed by atoms with van der Waals surface area (Å²) in [6.07, 6.45) is 4.79. The van der Waals surface area contributed by atoms with Crippen LogP contribution >= 0.6 is 0 Å². The number of anilines is 1. The van der Waals surface area contributed by atoms with Gasteiger partial charge in [-0.1, -0.05) is 13.8 Å². The second-order valence-corrected chi connectivity index (χ2v) is 6.29. The second kappa shape index (κ2) is 5.24. The van der Waals surface area contributed by atoms with Gasteiger partial charge in [0.25, 0.3) is 0 Å². The predicted molar refractivity (Wildman–Crippen MR) is 77.5 cm³/mol. The molecule has 0 amide bonds. The summed E-state index contributed by atoms with van der Waals surface area (Å²) < 4.78 is 5.99. The number of Topliss-reactive ketones (excluding diaryl/α,β-unsaturated/α-hetero) is 1. The minimum absolute atomic E-state index is 0.0206. The number of benzene rings is 1. The van der Waals surface area contributed by atoms with Gasteiger partial charge in [-0.05, 0) is 56.2 Å². The van der Waals surface area contributed by atoms with Crippen molar-refractivity contribution in [3.05, 3.63) is 23.8 Å². The van der Waals surface area contributed by atoms with Gasteiger partial charge in [0.1, 0.15) is 5.75 Å². The van der Waals surface area contributed by atoms with Crippen molar-refractivity contribution in [2.24, 2.45) is 5.41 Å². The molecule has 2 rings (SSSR count). The molecule has 1 fully saturated rings. The minimum atomic E-state index is -0.0206. The number of hydrogen-bond acceptors (Lipinski definition) is 3. The largest absolute Gasteiger partial charge is 0.490 e. The van der Waals surface area contributed by atoms with E-state index < -0.39 is 0 Å². The molecular formula is C16H23NO2. The summed E-state index contributed by atoms with van der Waals surface area (Å²) in [6, 6.07) is 5.36. The average Bonchev–Trinajstić information content (AvgIpc) is 2.34. The molecule has 0 aliphatic heterocycles. The van der Waals surface area contributed by atoms with Gasteiger partial charge < -0.3 is 10.5 Å². The van der Waals surface area contributed by atoms with Crippen LogP contribution in [0, 0.1) is 5.41 Å². The number of ketones is 1. The third kappa shape index (κ3) is 3.49. The maximum atomic E-state index is 11.5. The SMILES string of the molecule is CC(=O)c1cc(OC2CCC(C)(C)CC2)ccc1N. The highest BCUT2D eigenvalue weighted by molar-refractivity contribution is 5.99. The summed E-state index contributed by atoms with van der Waals surface area (Å²) >= 11 is 0. The molecule has 1 aromatic rings. The van der Waals surface area contributed by atoms with E-state index in [1.807, 2.05) is 6.07 Å². The van der Waals surface area contributed by atoms with Crippen molar-refractivity contribution in [1.29, 1.82) is 0 Å². The van der Waals surface area contributed by atoms with Crippen LogP contribution in [-0.2, 0) is 0 Å². The van der Waals surface area contributed by atoms with Crippen LogP contribution in [0.4, 0.5) is 5.69 Å². The molecular weight excluding hydrogens is 238 g/mol. The third-order valence-corrected chi connectivity index (χ3v) is 3.99. The Morgan fingerprint density at radius 2 is 1.95 bits per heavy atom. The number of nitrogen functional groups attached to an aromatic ring is 1. The summed E-state index contributed by atoms with van der Waals surface area (Å²) in [5.74, 6) is 0.733. The topological polar surface area (TPSA) is 52.3 Å². The van der Waals surface area contributed by atoms with Crippen LogP contribution in [0.15, 0.2) is 18.2 Å². The highest BCUT2D eigenvalue weighted by Gasteiger charge is 2.27. The maximum Gasteiger partial charge on any atom is 0.162 e. The van der Waals surface area contributed by atoms with Crippen LogP contribution < -0.4 is 10.5 Å². The highest BCUT2D eigenvalue weighted by Crippen LogP contribution is 2.36. The number of nitrogens with two attached hydrogens (primary N) is 1. The lowest BCUT2D eigenvalue weighted by molar-refractivity contribution is 0.0976. The molecule has 2 N–H and O–H groups in total. The Morgan fingerprint density at radius 1 is 1.32 bits per heavy atom. The Bertz CT molecular complexity index is 470. The molecule has 0 bridgehead atoms. The number of rotatable bonds is 3. The fourth-order valence-corrected chi connectivity index (χ4v) is 2.60. The molecule has 1 aliphatic rings. The van der Waals surface area contributed by atoms with Crippen molar-refractivity contribution in [3.63, 3.8) is 0 Å². The standard InChI is InChI=1S/C16H23NO2/c1-11(18)14-10-13(4-5-15(14)17)19-12-6-8-16(2,3)9-7-12/h4-5,10,12H,6-9,17H2,1-3H3. The zero-order valence-electron chi connectivity index (χ0n) is 12.0. The minimum Gasteiger partial charge on any atom is -0.490 e. The first kappa shape index (κ1) is 13.9. The van der Waals surface area contributed by atoms with Gasteiger partial charge in [-0.15, -0.1) is 0 Å². The maximum absolute atomic E-state index is 11.5. The van der Waals surface area contributed by atoms with Crippen molar-refractivity contribution < 1.29 is 9.53 Å². The van der Waals surface area contributed by atoms with Gasteiger partial charge in [0.2, 0.25) is 0 Å². The van der Waals surface area contributed by atoms with Crippen LogP contribution in [-0.4, -0.2) is 11.9 Å². The lowest BCUT2D eigenvalue weighted by Gasteiger charge is -2.34. The molecule has 3 nitrogen and oxygen atoms in total. The molecule has 0 atom stereocenters. The van der Waals surface area contributed by atoms with Crippen molar-refractivity contribution in [2.75, 3.05) is 5.73 Å². The molecule has 0 radical (unpaired) electrons. The molecule has 19 heavy (non-hydrogen) atoms. The zero-order valence-corrected chi connectivity index (χ0v) is 12.0. The molecule has 0 aromatic heterocycles. The average molecular weight is 261 g/mol. The normalized spacial score (nSPS) is 19.1. The van der Waals surface area contributed by atoms with Crippen LogP contribution in [0.1, 0.15) is 56.8 Å². The lowest BCUT2D eigenvalue weighted by atomic mass is 9.76. The molecule has 0 unspecified atom stereocenters. The molecule has 1 aliphatic carbocycles. The summed E-state index contributed by atoms with van der Waals surface area (Å²) in [6.45, 7) is 6.14. The van der Waals surface area contributed by atoms with E-state index in [0.29, 0.717) is 16.7 Å². The smallest absolute Gasteiger partial charge is 0.162 e. The Morgan fingerprint density at radius 3 is 2.53 bits per heavy atom. The van der Waals surface area contributed by atoms with E-state index in [2.05, 4.69) is 13.8 Å². The Labute approximate surface area is 115 Å². The first-order chi connectivity index (χ1) is 8.87. The Balaban J connectivity index is 2.04. The van der Waals surface area contributed by atoms with E-state index in [1.165, 1.54) is 19.8 Å². The van der Waals surface area contributed by atoms with E-state index in [0.717, 1.165) is 18.6 Å². The summed E-state index contributed by atoms with van der Waals surface area (Å²) in [5.41, 5.74) is 7.29. The second-order valence-electron chi connectivity index (χ2n) is 6.29. The number of ether oxygens (including phenoxy) is 1. The van der Waals surface area contributed by atoms with Gasteiger partial charge in [0.05, 0.1) is 6.10 Å².